The molecule has 0 spiro atoms. The fraction of sp³-hybridized carbons (Fsp3) is 0.400. The summed E-state index contributed by atoms with van der Waals surface area (Å²) in [5.74, 6) is -4.79. The summed E-state index contributed by atoms with van der Waals surface area (Å²) in [6, 6.07) is 4.14. The molecule has 0 fully saturated rings. The molecule has 2 aromatic rings. The Labute approximate surface area is 202 Å². The monoisotopic (exact) mass is 490 g/mol. The number of halogens is 3. The Morgan fingerprint density at radius 1 is 1.03 bits per heavy atom. The lowest BCUT2D eigenvalue weighted by molar-refractivity contribution is -0.144. The molecule has 0 aromatic heterocycles. The number of carbonyl (C=O) groups excluding carboxylic acids is 3. The van der Waals surface area contributed by atoms with E-state index in [0.717, 1.165) is 24.3 Å². The van der Waals surface area contributed by atoms with Crippen molar-refractivity contribution in [3.8, 4) is 0 Å². The minimum atomic E-state index is -1.36. The normalized spacial score (nSPS) is 16.9. The van der Waals surface area contributed by atoms with E-state index in [0.29, 0.717) is 12.0 Å². The highest BCUT2D eigenvalue weighted by Gasteiger charge is 2.40. The smallest absolute Gasteiger partial charge is 0.251 e. The van der Waals surface area contributed by atoms with Crippen molar-refractivity contribution in [2.24, 2.45) is 5.92 Å². The highest BCUT2D eigenvalue weighted by molar-refractivity contribution is 6.00. The van der Waals surface area contributed by atoms with Crippen molar-refractivity contribution in [3.63, 3.8) is 0 Å². The van der Waals surface area contributed by atoms with Gasteiger partial charge in [0.1, 0.15) is 35.2 Å². The molecule has 0 aliphatic carbocycles. The van der Waals surface area contributed by atoms with E-state index in [9.17, 15) is 27.6 Å². The first-order valence-electron chi connectivity index (χ1n) is 11.4. The average Bonchev–Trinajstić information content (AvgIpc) is 2.82. The minimum Gasteiger partial charge on any atom is -0.343 e. The van der Waals surface area contributed by atoms with Gasteiger partial charge in [0.25, 0.3) is 5.91 Å². The molecule has 0 unspecified atom stereocenters. The number of hydrogen-bond donors (Lipinski definition) is 3. The van der Waals surface area contributed by atoms with Crippen molar-refractivity contribution < 1.29 is 27.6 Å². The highest BCUT2D eigenvalue weighted by Crippen LogP contribution is 2.33. The summed E-state index contributed by atoms with van der Waals surface area (Å²) in [6.45, 7) is 5.22. The maximum absolute atomic E-state index is 14.2. The summed E-state index contributed by atoms with van der Waals surface area (Å²) < 4.78 is 42.6. The predicted molar refractivity (Wildman–Crippen MR) is 125 cm³/mol. The zero-order valence-electron chi connectivity index (χ0n) is 20.0. The van der Waals surface area contributed by atoms with Gasteiger partial charge in [-0.25, -0.2) is 13.2 Å². The molecule has 3 amide bonds. The van der Waals surface area contributed by atoms with Gasteiger partial charge in [-0.1, -0.05) is 26.0 Å². The van der Waals surface area contributed by atoms with Crippen LogP contribution in [0.4, 0.5) is 18.9 Å². The van der Waals surface area contributed by atoms with E-state index in [-0.39, 0.29) is 18.0 Å². The molecule has 3 rings (SSSR count). The molecule has 35 heavy (non-hydrogen) atoms. The second kappa shape index (κ2) is 10.9. The molecule has 2 aromatic carbocycles. The van der Waals surface area contributed by atoms with Gasteiger partial charge in [0.2, 0.25) is 11.8 Å². The first kappa shape index (κ1) is 26.2. The van der Waals surface area contributed by atoms with Gasteiger partial charge in [-0.05, 0) is 61.7 Å². The number of para-hydroxylation sites is 1. The molecule has 1 heterocycles. The van der Waals surface area contributed by atoms with Gasteiger partial charge in [-0.2, -0.15) is 0 Å². The van der Waals surface area contributed by atoms with Crippen LogP contribution in [0.3, 0.4) is 0 Å². The van der Waals surface area contributed by atoms with Gasteiger partial charge in [0, 0.05) is 6.54 Å². The quantitative estimate of drug-likeness (QED) is 0.557. The molecule has 188 valence electrons. The van der Waals surface area contributed by atoms with E-state index in [1.165, 1.54) is 17.0 Å². The Morgan fingerprint density at radius 3 is 2.29 bits per heavy atom. The highest BCUT2D eigenvalue weighted by atomic mass is 19.1. The molecule has 0 radical (unpaired) electrons. The lowest BCUT2D eigenvalue weighted by Gasteiger charge is -2.39. The fourth-order valence-corrected chi connectivity index (χ4v) is 4.02. The summed E-state index contributed by atoms with van der Waals surface area (Å²) in [5, 5.41) is 7.73. The first-order valence-corrected chi connectivity index (χ1v) is 11.4. The lowest BCUT2D eigenvalue weighted by atomic mass is 9.90. The number of likely N-dealkylation sites (N-methyl/N-ethyl adjacent to an activating group) is 1. The largest absolute Gasteiger partial charge is 0.343 e. The number of nitrogens with zero attached hydrogens (tertiary/aromatic N) is 1. The molecule has 1 aliphatic heterocycles. The molecule has 10 heteroatoms. The molecule has 7 nitrogen and oxygen atoms in total. The third-order valence-corrected chi connectivity index (χ3v) is 6.14. The van der Waals surface area contributed by atoms with Crippen molar-refractivity contribution in [1.82, 2.24) is 15.5 Å². The van der Waals surface area contributed by atoms with Crippen LogP contribution in [0.5, 0.6) is 0 Å². The Morgan fingerprint density at radius 2 is 1.69 bits per heavy atom. The Hall–Kier alpha value is -3.40. The van der Waals surface area contributed by atoms with Gasteiger partial charge >= 0.3 is 0 Å². The minimum absolute atomic E-state index is 0.0932. The van der Waals surface area contributed by atoms with Gasteiger partial charge < -0.3 is 20.9 Å². The topological polar surface area (TPSA) is 90.5 Å². The van der Waals surface area contributed by atoms with E-state index in [2.05, 4.69) is 16.0 Å². The lowest BCUT2D eigenvalue weighted by Crippen LogP contribution is -2.57. The Kier molecular flexibility index (Phi) is 8.16. The molecule has 3 atom stereocenters. The number of amides is 3. The van der Waals surface area contributed by atoms with E-state index in [1.54, 1.807) is 27.8 Å². The molecule has 3 N–H and O–H groups in total. The second-order valence-corrected chi connectivity index (χ2v) is 8.85. The van der Waals surface area contributed by atoms with E-state index in [4.69, 9.17) is 0 Å². The van der Waals surface area contributed by atoms with Crippen molar-refractivity contribution >= 4 is 23.4 Å². The van der Waals surface area contributed by atoms with Crippen LogP contribution in [0.25, 0.3) is 0 Å². The maximum atomic E-state index is 14.2. The van der Waals surface area contributed by atoms with E-state index in [1.807, 2.05) is 0 Å². The Bertz CT molecular complexity index is 1100. The molecule has 0 bridgehead atoms. The van der Waals surface area contributed by atoms with Crippen molar-refractivity contribution in [2.45, 2.75) is 45.3 Å². The molecular weight excluding hydrogens is 461 g/mol. The van der Waals surface area contributed by atoms with Crippen molar-refractivity contribution in [3.05, 3.63) is 65.0 Å². The zero-order chi connectivity index (χ0) is 25.9. The molecular formula is C25H29F3N4O3. The summed E-state index contributed by atoms with van der Waals surface area (Å²) in [7, 11) is 1.61. The second-order valence-electron chi connectivity index (χ2n) is 8.85. The van der Waals surface area contributed by atoms with Crippen molar-refractivity contribution in [2.75, 3.05) is 18.9 Å². The summed E-state index contributed by atoms with van der Waals surface area (Å²) in [4.78, 5) is 40.7. The molecule has 1 aliphatic rings. The van der Waals surface area contributed by atoms with E-state index >= 15 is 0 Å². The number of nitrogens with one attached hydrogen (secondary N) is 3. The fourth-order valence-electron chi connectivity index (χ4n) is 4.02. The number of anilines is 1. The summed E-state index contributed by atoms with van der Waals surface area (Å²) in [6.07, 6.45) is 0.338. The van der Waals surface area contributed by atoms with Crippen LogP contribution < -0.4 is 16.0 Å². The first-order chi connectivity index (χ1) is 16.5. The van der Waals surface area contributed by atoms with E-state index < -0.39 is 59.0 Å². The van der Waals surface area contributed by atoms with Crippen LogP contribution >= 0.6 is 0 Å². The average molecular weight is 491 g/mol. The molecule has 0 saturated carbocycles. The third-order valence-electron chi connectivity index (χ3n) is 6.14. The van der Waals surface area contributed by atoms with Gasteiger partial charge in [-0.15, -0.1) is 0 Å². The molecule has 0 saturated heterocycles. The predicted octanol–water partition coefficient (Wildman–Crippen LogP) is 2.92. The van der Waals surface area contributed by atoms with Crippen LogP contribution in [-0.2, 0) is 20.8 Å². The number of hydrogen-bond acceptors (Lipinski definition) is 4. The standard InChI is InChI=1S/C25H29F3N4O3/c1-13(2)20(30-23(33)14(3)29-4)25(35)32-11-10-15-8-9-16(26)12-17(15)22(32)24(34)31-21-18(27)6-5-7-19(21)28/h5-9,12-14,20,22,29H,10-11H2,1-4H3,(H,30,33)(H,31,34)/t14-,20-,22-/m0/s1. The van der Waals surface area contributed by atoms with Crippen LogP contribution in [0.2, 0.25) is 0 Å². The number of fused-ring (bicyclic) bond motifs is 1. The van der Waals surface area contributed by atoms with Crippen molar-refractivity contribution in [1.29, 1.82) is 0 Å². The number of rotatable bonds is 7. The van der Waals surface area contributed by atoms with Crippen LogP contribution in [0, 0.1) is 23.4 Å². The van der Waals surface area contributed by atoms with Crippen LogP contribution in [0.15, 0.2) is 36.4 Å². The number of carbonyl (C=O) groups is 3. The number of benzene rings is 2. The zero-order valence-corrected chi connectivity index (χ0v) is 20.0. The van der Waals surface area contributed by atoms with Gasteiger partial charge in [0.15, 0.2) is 0 Å². The van der Waals surface area contributed by atoms with Gasteiger partial charge in [-0.3, -0.25) is 14.4 Å². The SMILES string of the molecule is CN[C@@H](C)C(=O)N[C@H](C(=O)N1CCc2ccc(F)cc2[C@H]1C(=O)Nc1c(F)cccc1F)C(C)C. The summed E-state index contributed by atoms with van der Waals surface area (Å²) >= 11 is 0. The Balaban J connectivity index is 2.00. The van der Waals surface area contributed by atoms with Crippen LogP contribution in [0.1, 0.15) is 37.9 Å². The maximum Gasteiger partial charge on any atom is 0.251 e. The van der Waals surface area contributed by atoms with Gasteiger partial charge in [0.05, 0.1) is 6.04 Å². The van der Waals surface area contributed by atoms with Crippen LogP contribution in [-0.4, -0.2) is 48.3 Å². The third kappa shape index (κ3) is 5.64. The summed E-state index contributed by atoms with van der Waals surface area (Å²) in [5.41, 5.74) is 0.194.